The van der Waals surface area contributed by atoms with Crippen LogP contribution in [0.25, 0.3) is 0 Å². The van der Waals surface area contributed by atoms with Gasteiger partial charge in [0.2, 0.25) is 0 Å². The van der Waals surface area contributed by atoms with Gasteiger partial charge < -0.3 is 5.73 Å². The van der Waals surface area contributed by atoms with Crippen molar-refractivity contribution in [2.45, 2.75) is 39.2 Å². The molecule has 2 rings (SSSR count). The van der Waals surface area contributed by atoms with Crippen LogP contribution in [-0.2, 0) is 0 Å². The smallest absolute Gasteiger partial charge is 0.0458 e. The molecule has 0 aromatic carbocycles. The Kier molecular flexibility index (Phi) is 2.75. The minimum Gasteiger partial charge on any atom is -0.323 e. The van der Waals surface area contributed by atoms with E-state index in [2.05, 4.69) is 35.8 Å². The Balaban J connectivity index is 2.27. The van der Waals surface area contributed by atoms with Gasteiger partial charge >= 0.3 is 0 Å². The van der Waals surface area contributed by atoms with Crippen LogP contribution >= 0.6 is 27.3 Å². The standard InChI is InChI=1S/C11H16BrNS/c1-3-11(4-5-11)10(13)9-8(12)6-7(2)14-9/h6,10H,3-5,13H2,1-2H3. The first kappa shape index (κ1) is 10.7. The number of rotatable bonds is 3. The highest BCUT2D eigenvalue weighted by atomic mass is 79.9. The third-order valence-corrected chi connectivity index (χ3v) is 5.43. The predicted octanol–water partition coefficient (Wildman–Crippen LogP) is 4.01. The summed E-state index contributed by atoms with van der Waals surface area (Å²) in [5.41, 5.74) is 6.76. The fourth-order valence-corrected chi connectivity index (χ4v) is 4.08. The Morgan fingerprint density at radius 1 is 1.64 bits per heavy atom. The number of aryl methyl sites for hydroxylation is 1. The molecule has 0 amide bonds. The van der Waals surface area contributed by atoms with Crippen LogP contribution in [0, 0.1) is 12.3 Å². The Bertz CT molecular complexity index is 341. The van der Waals surface area contributed by atoms with Crippen LogP contribution in [-0.4, -0.2) is 0 Å². The number of hydrogen-bond acceptors (Lipinski definition) is 2. The summed E-state index contributed by atoms with van der Waals surface area (Å²) >= 11 is 5.43. The summed E-state index contributed by atoms with van der Waals surface area (Å²) in [5.74, 6) is 0. The van der Waals surface area contributed by atoms with E-state index in [0.717, 1.165) is 0 Å². The molecule has 0 spiro atoms. The summed E-state index contributed by atoms with van der Waals surface area (Å²) in [6, 6.07) is 2.41. The average Bonchev–Trinajstić information content (AvgIpc) is 2.87. The highest BCUT2D eigenvalue weighted by Crippen LogP contribution is 2.58. The third kappa shape index (κ3) is 1.66. The lowest BCUT2D eigenvalue weighted by Crippen LogP contribution is -2.21. The highest BCUT2D eigenvalue weighted by Gasteiger charge is 2.47. The van der Waals surface area contributed by atoms with Crippen molar-refractivity contribution in [1.82, 2.24) is 0 Å². The van der Waals surface area contributed by atoms with Crippen molar-refractivity contribution in [3.05, 3.63) is 20.3 Å². The fraction of sp³-hybridized carbons (Fsp3) is 0.636. The van der Waals surface area contributed by atoms with E-state index in [4.69, 9.17) is 5.73 Å². The van der Waals surface area contributed by atoms with Crippen molar-refractivity contribution in [3.63, 3.8) is 0 Å². The molecule has 1 atom stereocenters. The van der Waals surface area contributed by atoms with Gasteiger partial charge in [0.25, 0.3) is 0 Å². The molecule has 0 bridgehead atoms. The van der Waals surface area contributed by atoms with E-state index in [9.17, 15) is 0 Å². The maximum atomic E-state index is 6.34. The van der Waals surface area contributed by atoms with Crippen LogP contribution in [0.3, 0.4) is 0 Å². The van der Waals surface area contributed by atoms with E-state index < -0.39 is 0 Å². The SMILES string of the molecule is CCC1(C(N)c2sc(C)cc2Br)CC1. The minimum absolute atomic E-state index is 0.237. The summed E-state index contributed by atoms with van der Waals surface area (Å²) in [5, 5.41) is 0. The van der Waals surface area contributed by atoms with E-state index >= 15 is 0 Å². The second-order valence-corrected chi connectivity index (χ2v) is 6.41. The lowest BCUT2D eigenvalue weighted by Gasteiger charge is -2.21. The number of halogens is 1. The second kappa shape index (κ2) is 3.62. The van der Waals surface area contributed by atoms with E-state index in [-0.39, 0.29) is 6.04 Å². The zero-order valence-electron chi connectivity index (χ0n) is 8.64. The molecule has 1 nitrogen and oxygen atoms in total. The van der Waals surface area contributed by atoms with E-state index in [1.807, 2.05) is 11.3 Å². The summed E-state index contributed by atoms with van der Waals surface area (Å²) < 4.78 is 1.20. The Hall–Kier alpha value is 0.140. The monoisotopic (exact) mass is 273 g/mol. The molecule has 1 heterocycles. The largest absolute Gasteiger partial charge is 0.323 e. The molecular weight excluding hydrogens is 258 g/mol. The molecule has 1 aromatic rings. The van der Waals surface area contributed by atoms with Crippen LogP contribution < -0.4 is 5.73 Å². The topological polar surface area (TPSA) is 26.0 Å². The second-order valence-electron chi connectivity index (χ2n) is 4.26. The third-order valence-electron chi connectivity index (χ3n) is 3.37. The van der Waals surface area contributed by atoms with E-state index in [0.29, 0.717) is 5.41 Å². The Labute approximate surface area is 97.8 Å². The first-order valence-electron chi connectivity index (χ1n) is 5.10. The van der Waals surface area contributed by atoms with Crippen molar-refractivity contribution < 1.29 is 0 Å². The molecule has 1 aliphatic rings. The van der Waals surface area contributed by atoms with Crippen molar-refractivity contribution in [2.75, 3.05) is 0 Å². The van der Waals surface area contributed by atoms with Crippen molar-refractivity contribution in [1.29, 1.82) is 0 Å². The van der Waals surface area contributed by atoms with Crippen LogP contribution in [0.1, 0.15) is 42.0 Å². The average molecular weight is 274 g/mol. The van der Waals surface area contributed by atoms with Gasteiger partial charge in [-0.2, -0.15) is 0 Å². The van der Waals surface area contributed by atoms with Gasteiger partial charge in [0.15, 0.2) is 0 Å². The van der Waals surface area contributed by atoms with E-state index in [1.165, 1.54) is 33.5 Å². The molecule has 2 N–H and O–H groups in total. The molecule has 0 saturated heterocycles. The molecule has 1 unspecified atom stereocenters. The fourth-order valence-electron chi connectivity index (χ4n) is 2.04. The molecule has 1 fully saturated rings. The molecule has 0 radical (unpaired) electrons. The van der Waals surface area contributed by atoms with E-state index in [1.54, 1.807) is 0 Å². The zero-order chi connectivity index (χ0) is 10.3. The van der Waals surface area contributed by atoms with Crippen LogP contribution in [0.5, 0.6) is 0 Å². The molecule has 1 aliphatic carbocycles. The van der Waals surface area contributed by atoms with Gasteiger partial charge in [-0.15, -0.1) is 11.3 Å². The molecule has 0 aliphatic heterocycles. The number of nitrogens with two attached hydrogens (primary N) is 1. The highest BCUT2D eigenvalue weighted by molar-refractivity contribution is 9.10. The summed E-state index contributed by atoms with van der Waals surface area (Å²) in [7, 11) is 0. The lowest BCUT2D eigenvalue weighted by atomic mass is 9.93. The maximum Gasteiger partial charge on any atom is 0.0458 e. The van der Waals surface area contributed by atoms with Gasteiger partial charge in [-0.25, -0.2) is 0 Å². The predicted molar refractivity (Wildman–Crippen MR) is 65.6 cm³/mol. The van der Waals surface area contributed by atoms with Gasteiger partial charge in [-0.1, -0.05) is 6.92 Å². The van der Waals surface area contributed by atoms with Gasteiger partial charge in [-0.3, -0.25) is 0 Å². The van der Waals surface area contributed by atoms with Gasteiger partial charge in [0.05, 0.1) is 0 Å². The first-order valence-corrected chi connectivity index (χ1v) is 6.71. The quantitative estimate of drug-likeness (QED) is 0.885. The van der Waals surface area contributed by atoms with Crippen molar-refractivity contribution >= 4 is 27.3 Å². The number of thiophene rings is 1. The zero-order valence-corrected chi connectivity index (χ0v) is 11.0. The normalized spacial score (nSPS) is 20.9. The Morgan fingerprint density at radius 3 is 2.64 bits per heavy atom. The van der Waals surface area contributed by atoms with Gasteiger partial charge in [0.1, 0.15) is 0 Å². The Morgan fingerprint density at radius 2 is 2.29 bits per heavy atom. The molecular formula is C11H16BrNS. The van der Waals surface area contributed by atoms with Crippen molar-refractivity contribution in [3.8, 4) is 0 Å². The molecule has 1 aromatic heterocycles. The van der Waals surface area contributed by atoms with Crippen molar-refractivity contribution in [2.24, 2.45) is 11.1 Å². The van der Waals surface area contributed by atoms with Gasteiger partial charge in [0, 0.05) is 20.3 Å². The first-order chi connectivity index (χ1) is 6.59. The van der Waals surface area contributed by atoms with Crippen LogP contribution in [0.2, 0.25) is 0 Å². The molecule has 3 heteroatoms. The van der Waals surface area contributed by atoms with Crippen LogP contribution in [0.4, 0.5) is 0 Å². The summed E-state index contributed by atoms with van der Waals surface area (Å²) in [6.45, 7) is 4.39. The summed E-state index contributed by atoms with van der Waals surface area (Å²) in [6.07, 6.45) is 3.81. The van der Waals surface area contributed by atoms with Crippen LogP contribution in [0.15, 0.2) is 10.5 Å². The number of hydrogen-bond donors (Lipinski definition) is 1. The summed E-state index contributed by atoms with van der Waals surface area (Å²) in [4.78, 5) is 2.68. The van der Waals surface area contributed by atoms with Gasteiger partial charge in [-0.05, 0) is 53.6 Å². The molecule has 14 heavy (non-hydrogen) atoms. The maximum absolute atomic E-state index is 6.34. The molecule has 78 valence electrons. The minimum atomic E-state index is 0.237. The lowest BCUT2D eigenvalue weighted by molar-refractivity contribution is 0.398. The molecule has 1 saturated carbocycles.